The van der Waals surface area contributed by atoms with Crippen molar-refractivity contribution in [1.82, 2.24) is 19.1 Å². The fraction of sp³-hybridized carbons (Fsp3) is 0.102. The topological polar surface area (TPSA) is 35.6 Å². The van der Waals surface area contributed by atoms with Gasteiger partial charge in [0.05, 0.1) is 34.6 Å². The van der Waals surface area contributed by atoms with Crippen LogP contribution >= 0.6 is 0 Å². The van der Waals surface area contributed by atoms with E-state index in [1.54, 1.807) is 0 Å². The molecule has 4 heteroatoms. The molecule has 1 aliphatic rings. The molecule has 1 aliphatic carbocycles. The molecule has 4 nitrogen and oxygen atoms in total. The third-order valence-corrected chi connectivity index (χ3v) is 10.6. The summed E-state index contributed by atoms with van der Waals surface area (Å²) in [7, 11) is 0. The zero-order valence-electron chi connectivity index (χ0n) is 29.9. The summed E-state index contributed by atoms with van der Waals surface area (Å²) in [4.78, 5) is 8.84. The average molecular weight is 685 g/mol. The van der Waals surface area contributed by atoms with Gasteiger partial charge in [-0.3, -0.25) is 9.97 Å². The van der Waals surface area contributed by atoms with E-state index in [9.17, 15) is 0 Å². The highest BCUT2D eigenvalue weighted by Crippen LogP contribution is 2.34. The van der Waals surface area contributed by atoms with Gasteiger partial charge in [-0.25, -0.2) is 0 Å². The number of hydrogen-bond acceptors (Lipinski definition) is 2. The quantitative estimate of drug-likeness (QED) is 0.152. The highest BCUT2D eigenvalue weighted by atomic mass is 15.0. The lowest BCUT2D eigenvalue weighted by atomic mass is 9.90. The molecular formula is C49H40N4. The summed E-state index contributed by atoms with van der Waals surface area (Å²) in [6.07, 6.45) is 22.5. The molecule has 0 atom stereocenters. The van der Waals surface area contributed by atoms with Crippen molar-refractivity contribution >= 4 is 50.4 Å². The number of allylic oxidation sites excluding steroid dienone is 5. The van der Waals surface area contributed by atoms with E-state index in [2.05, 4.69) is 159 Å². The molecule has 4 aromatic heterocycles. The van der Waals surface area contributed by atoms with Gasteiger partial charge in [-0.15, -0.1) is 0 Å². The maximum Gasteiger partial charge on any atom is 0.0724 e. The maximum atomic E-state index is 4.43. The van der Waals surface area contributed by atoms with Crippen molar-refractivity contribution in [2.24, 2.45) is 0 Å². The Bertz CT molecular complexity index is 2660. The van der Waals surface area contributed by atoms with Gasteiger partial charge in [0.2, 0.25) is 0 Å². The fourth-order valence-corrected chi connectivity index (χ4v) is 8.03. The average Bonchev–Trinajstić information content (AvgIpc) is 3.72. The zero-order valence-corrected chi connectivity index (χ0v) is 29.9. The Balaban J connectivity index is 0.871. The van der Waals surface area contributed by atoms with E-state index >= 15 is 0 Å². The number of fused-ring (bicyclic) bond motifs is 4. The molecule has 0 bridgehead atoms. The monoisotopic (exact) mass is 684 g/mol. The van der Waals surface area contributed by atoms with E-state index in [0.717, 1.165) is 53.8 Å². The number of para-hydroxylation sites is 1. The third-order valence-electron chi connectivity index (χ3n) is 10.6. The van der Waals surface area contributed by atoms with Crippen LogP contribution in [0.1, 0.15) is 53.3 Å². The zero-order chi connectivity index (χ0) is 35.7. The van der Waals surface area contributed by atoms with Crippen LogP contribution in [-0.2, 0) is 12.8 Å². The van der Waals surface area contributed by atoms with Crippen molar-refractivity contribution in [2.45, 2.75) is 32.6 Å². The Labute approximate surface area is 310 Å². The molecule has 4 heterocycles. The summed E-state index contributed by atoms with van der Waals surface area (Å²) in [5.41, 5.74) is 16.1. The van der Waals surface area contributed by atoms with Crippen LogP contribution in [-0.4, -0.2) is 19.1 Å². The Morgan fingerprint density at radius 3 is 1.87 bits per heavy atom. The van der Waals surface area contributed by atoms with E-state index in [4.69, 9.17) is 0 Å². The van der Waals surface area contributed by atoms with E-state index in [-0.39, 0.29) is 0 Å². The lowest BCUT2D eigenvalue weighted by Gasteiger charge is -2.16. The minimum atomic E-state index is 0.891. The molecule has 0 fully saturated rings. The minimum absolute atomic E-state index is 0.891. The molecule has 0 saturated carbocycles. The smallest absolute Gasteiger partial charge is 0.0724 e. The number of rotatable bonds is 9. The van der Waals surface area contributed by atoms with Crippen molar-refractivity contribution < 1.29 is 0 Å². The van der Waals surface area contributed by atoms with Crippen LogP contribution in [0.4, 0.5) is 0 Å². The molecule has 0 unspecified atom stereocenters. The SMILES string of the molecule is C=Cc1c(/C=C\C)c2ccncc2n1-c1ccc(Cc2ccc(C3=CC=C(Cc4ccc(-n5c6ccccc6c6ccncc65)cc4)CC3)cc2)cc1. The molecule has 8 aromatic rings. The van der Waals surface area contributed by atoms with Crippen LogP contribution in [0.15, 0.2) is 164 Å². The van der Waals surface area contributed by atoms with Crippen LogP contribution in [0.3, 0.4) is 0 Å². The van der Waals surface area contributed by atoms with Crippen LogP contribution < -0.4 is 0 Å². The maximum absolute atomic E-state index is 4.43. The molecule has 0 radical (unpaired) electrons. The van der Waals surface area contributed by atoms with Gasteiger partial charge in [-0.05, 0) is 109 Å². The second kappa shape index (κ2) is 13.9. The molecule has 0 spiro atoms. The summed E-state index contributed by atoms with van der Waals surface area (Å²) in [5.74, 6) is 0. The predicted octanol–water partition coefficient (Wildman–Crippen LogP) is 12.1. The summed E-state index contributed by atoms with van der Waals surface area (Å²) in [6, 6.07) is 39.8. The highest BCUT2D eigenvalue weighted by molar-refractivity contribution is 6.08. The summed E-state index contributed by atoms with van der Waals surface area (Å²) < 4.78 is 4.57. The fourth-order valence-electron chi connectivity index (χ4n) is 8.03. The molecule has 53 heavy (non-hydrogen) atoms. The molecule has 0 saturated heterocycles. The van der Waals surface area contributed by atoms with Crippen molar-refractivity contribution in [3.63, 3.8) is 0 Å². The van der Waals surface area contributed by atoms with Crippen LogP contribution in [0, 0.1) is 0 Å². The highest BCUT2D eigenvalue weighted by Gasteiger charge is 2.16. The first-order valence-corrected chi connectivity index (χ1v) is 18.4. The summed E-state index contributed by atoms with van der Waals surface area (Å²) >= 11 is 0. The predicted molar refractivity (Wildman–Crippen MR) is 223 cm³/mol. The molecule has 0 amide bonds. The molecule has 0 N–H and O–H groups in total. The van der Waals surface area contributed by atoms with E-state index in [1.807, 2.05) is 37.8 Å². The van der Waals surface area contributed by atoms with Crippen molar-refractivity contribution in [2.75, 3.05) is 0 Å². The van der Waals surface area contributed by atoms with Gasteiger partial charge in [0.1, 0.15) is 0 Å². The molecule has 0 aliphatic heterocycles. The Morgan fingerprint density at radius 1 is 0.604 bits per heavy atom. The summed E-state index contributed by atoms with van der Waals surface area (Å²) in [6.45, 7) is 6.18. The van der Waals surface area contributed by atoms with Crippen LogP contribution in [0.2, 0.25) is 0 Å². The van der Waals surface area contributed by atoms with Gasteiger partial charge in [-0.2, -0.15) is 0 Å². The minimum Gasteiger partial charge on any atom is -0.308 e. The van der Waals surface area contributed by atoms with E-state index in [1.165, 1.54) is 60.6 Å². The van der Waals surface area contributed by atoms with Crippen molar-refractivity contribution in [3.05, 3.63) is 198 Å². The third kappa shape index (κ3) is 6.02. The normalized spacial score (nSPS) is 13.2. The van der Waals surface area contributed by atoms with E-state index in [0.29, 0.717) is 0 Å². The number of pyridine rings is 2. The largest absolute Gasteiger partial charge is 0.308 e. The number of nitrogens with zero attached hydrogens (tertiary/aromatic N) is 4. The number of hydrogen-bond donors (Lipinski definition) is 0. The Kier molecular flexibility index (Phi) is 8.49. The molecule has 4 aromatic carbocycles. The lowest BCUT2D eigenvalue weighted by Crippen LogP contribution is -1.99. The molecule has 9 rings (SSSR count). The summed E-state index contributed by atoms with van der Waals surface area (Å²) in [5, 5.41) is 3.67. The van der Waals surface area contributed by atoms with Gasteiger partial charge in [0, 0.05) is 45.5 Å². The van der Waals surface area contributed by atoms with Crippen LogP contribution in [0.5, 0.6) is 0 Å². The van der Waals surface area contributed by atoms with Gasteiger partial charge in [0.15, 0.2) is 0 Å². The number of aromatic nitrogens is 4. The second-order valence-corrected chi connectivity index (χ2v) is 13.9. The van der Waals surface area contributed by atoms with Gasteiger partial charge in [-0.1, -0.05) is 103 Å². The Hall–Kier alpha value is -6.52. The van der Waals surface area contributed by atoms with Crippen LogP contribution in [0.25, 0.3) is 61.8 Å². The first-order chi connectivity index (χ1) is 26.2. The van der Waals surface area contributed by atoms with Crippen molar-refractivity contribution in [1.29, 1.82) is 0 Å². The van der Waals surface area contributed by atoms with Gasteiger partial charge >= 0.3 is 0 Å². The van der Waals surface area contributed by atoms with Crippen molar-refractivity contribution in [3.8, 4) is 11.4 Å². The van der Waals surface area contributed by atoms with E-state index < -0.39 is 0 Å². The first kappa shape index (κ1) is 32.4. The lowest BCUT2D eigenvalue weighted by molar-refractivity contribution is 0.922. The number of benzene rings is 4. The second-order valence-electron chi connectivity index (χ2n) is 13.9. The standard InChI is InChI=1S/C49H40N4/c1-3-7-42-44-26-28-50-32-48(44)52(46(42)4-2)40-22-14-36(15-23-40)30-34-10-18-38(19-11-34)39-20-12-35(13-21-39)31-37-16-24-41(25-17-37)53-47-9-6-5-8-43(47)45-27-29-51-33-49(45)53/h3-12,14-20,22-29,32-33H,2,13,21,30-31H2,1H3/b7-3-. The van der Waals surface area contributed by atoms with Gasteiger partial charge in [0.25, 0.3) is 0 Å². The molecule has 256 valence electrons. The van der Waals surface area contributed by atoms with Gasteiger partial charge < -0.3 is 9.13 Å². The molecular weight excluding hydrogens is 645 g/mol. The Morgan fingerprint density at radius 2 is 1.21 bits per heavy atom. The first-order valence-electron chi connectivity index (χ1n) is 18.4.